The second kappa shape index (κ2) is 3.15. The van der Waals surface area contributed by atoms with Gasteiger partial charge >= 0.3 is 0 Å². The van der Waals surface area contributed by atoms with Crippen LogP contribution in [0.4, 0.5) is 0 Å². The molecule has 1 unspecified atom stereocenters. The Bertz CT molecular complexity index is 84.4. The number of hydrogen-bond acceptors (Lipinski definition) is 3. The molecule has 0 bridgehead atoms. The minimum absolute atomic E-state index is 0.676. The molecule has 1 aliphatic rings. The van der Waals surface area contributed by atoms with Crippen LogP contribution in [-0.2, 0) is 0 Å². The lowest BCUT2D eigenvalue weighted by molar-refractivity contribution is 0.305. The molecule has 1 heterocycles. The van der Waals surface area contributed by atoms with Crippen LogP contribution in [0.2, 0.25) is 0 Å². The van der Waals surface area contributed by atoms with Gasteiger partial charge in [-0.1, -0.05) is 0 Å². The van der Waals surface area contributed by atoms with Crippen molar-refractivity contribution in [1.29, 1.82) is 0 Å². The predicted octanol–water partition coefficient (Wildman–Crippen LogP) is -0.804. The second-order valence-corrected chi connectivity index (χ2v) is 2.60. The fraction of sp³-hybridized carbons (Fsp3) is 1.00. The van der Waals surface area contributed by atoms with Crippen LogP contribution in [0, 0.1) is 0 Å². The van der Waals surface area contributed by atoms with E-state index in [0.717, 1.165) is 26.2 Å². The quantitative estimate of drug-likeness (QED) is 0.512. The third-order valence-corrected chi connectivity index (χ3v) is 1.86. The first-order valence-corrected chi connectivity index (χ1v) is 3.45. The number of rotatable bonds is 2. The third kappa shape index (κ3) is 1.64. The molecular formula is C6H15N3. The fourth-order valence-corrected chi connectivity index (χ4v) is 1.21. The van der Waals surface area contributed by atoms with Gasteiger partial charge in [-0.15, -0.1) is 0 Å². The van der Waals surface area contributed by atoms with Gasteiger partial charge in [0.05, 0.1) is 0 Å². The normalized spacial score (nSPS) is 29.3. The summed E-state index contributed by atoms with van der Waals surface area (Å²) < 4.78 is 0. The molecule has 0 aromatic carbocycles. The molecule has 0 aromatic heterocycles. The lowest BCUT2D eigenvalue weighted by Gasteiger charge is -2.16. The van der Waals surface area contributed by atoms with Crippen LogP contribution in [0.1, 0.15) is 6.42 Å². The van der Waals surface area contributed by atoms with Crippen molar-refractivity contribution in [3.05, 3.63) is 0 Å². The summed E-state index contributed by atoms with van der Waals surface area (Å²) in [4.78, 5) is 2.30. The lowest BCUT2D eigenvalue weighted by atomic mass is 10.2. The smallest absolute Gasteiger partial charge is 0.0481 e. The number of nitrogens with two attached hydrogens (primary N) is 1. The van der Waals surface area contributed by atoms with E-state index in [9.17, 15) is 0 Å². The highest BCUT2D eigenvalue weighted by molar-refractivity contribution is 4.76. The first kappa shape index (κ1) is 6.99. The summed E-state index contributed by atoms with van der Waals surface area (Å²) >= 11 is 0. The Morgan fingerprint density at radius 1 is 1.78 bits per heavy atom. The molecule has 3 heteroatoms. The number of hydrogen-bond donors (Lipinski definition) is 2. The zero-order valence-electron chi connectivity index (χ0n) is 5.93. The molecule has 0 aromatic rings. The molecule has 1 rings (SSSR count). The molecule has 1 atom stereocenters. The minimum atomic E-state index is 0.676. The summed E-state index contributed by atoms with van der Waals surface area (Å²) in [6.45, 7) is 2.93. The van der Waals surface area contributed by atoms with Gasteiger partial charge in [0.25, 0.3) is 0 Å². The van der Waals surface area contributed by atoms with Crippen molar-refractivity contribution in [2.75, 3.05) is 26.8 Å². The van der Waals surface area contributed by atoms with E-state index in [4.69, 9.17) is 5.73 Å². The summed E-state index contributed by atoms with van der Waals surface area (Å²) in [5.41, 5.74) is 5.42. The maximum absolute atomic E-state index is 5.42. The SMILES string of the molecule is CN1CNCC1CCN. The van der Waals surface area contributed by atoms with Crippen LogP contribution in [-0.4, -0.2) is 37.7 Å². The molecule has 1 fully saturated rings. The van der Waals surface area contributed by atoms with Crippen LogP contribution in [0.15, 0.2) is 0 Å². The average Bonchev–Trinajstić information content (AvgIpc) is 2.18. The fourth-order valence-electron chi connectivity index (χ4n) is 1.21. The second-order valence-electron chi connectivity index (χ2n) is 2.60. The van der Waals surface area contributed by atoms with Gasteiger partial charge in [-0.3, -0.25) is 4.90 Å². The van der Waals surface area contributed by atoms with Crippen LogP contribution < -0.4 is 11.1 Å². The Kier molecular flexibility index (Phi) is 2.45. The van der Waals surface area contributed by atoms with Gasteiger partial charge in [-0.05, 0) is 20.0 Å². The molecule has 0 saturated carbocycles. The molecule has 54 valence electrons. The van der Waals surface area contributed by atoms with Gasteiger partial charge in [-0.2, -0.15) is 0 Å². The Morgan fingerprint density at radius 3 is 3.00 bits per heavy atom. The van der Waals surface area contributed by atoms with Crippen LogP contribution in [0.25, 0.3) is 0 Å². The maximum Gasteiger partial charge on any atom is 0.0481 e. The van der Waals surface area contributed by atoms with Crippen LogP contribution in [0.3, 0.4) is 0 Å². The van der Waals surface area contributed by atoms with Gasteiger partial charge in [-0.25, -0.2) is 0 Å². The summed E-state index contributed by atoms with van der Waals surface area (Å²) in [7, 11) is 2.13. The van der Waals surface area contributed by atoms with Crippen molar-refractivity contribution in [3.8, 4) is 0 Å². The lowest BCUT2D eigenvalue weighted by Crippen LogP contribution is -2.28. The minimum Gasteiger partial charge on any atom is -0.330 e. The topological polar surface area (TPSA) is 41.3 Å². The molecule has 0 amide bonds. The van der Waals surface area contributed by atoms with Gasteiger partial charge in [0.15, 0.2) is 0 Å². The number of nitrogens with one attached hydrogen (secondary N) is 1. The van der Waals surface area contributed by atoms with Crippen LogP contribution in [0.5, 0.6) is 0 Å². The molecule has 0 spiro atoms. The molecule has 0 radical (unpaired) electrons. The summed E-state index contributed by atoms with van der Waals surface area (Å²) in [6, 6.07) is 0.676. The Morgan fingerprint density at radius 2 is 2.56 bits per heavy atom. The van der Waals surface area contributed by atoms with Crippen molar-refractivity contribution in [3.63, 3.8) is 0 Å². The molecular weight excluding hydrogens is 114 g/mol. The number of nitrogens with zero attached hydrogens (tertiary/aromatic N) is 1. The molecule has 3 nitrogen and oxygen atoms in total. The monoisotopic (exact) mass is 129 g/mol. The van der Waals surface area contributed by atoms with Crippen LogP contribution >= 0.6 is 0 Å². The first-order valence-electron chi connectivity index (χ1n) is 3.45. The number of likely N-dealkylation sites (N-methyl/N-ethyl adjacent to an activating group) is 1. The summed E-state index contributed by atoms with van der Waals surface area (Å²) in [5.74, 6) is 0. The summed E-state index contributed by atoms with van der Waals surface area (Å²) in [5, 5.41) is 3.28. The van der Waals surface area contributed by atoms with E-state index in [1.807, 2.05) is 0 Å². The maximum atomic E-state index is 5.42. The molecule has 9 heavy (non-hydrogen) atoms. The molecule has 1 aliphatic heterocycles. The van der Waals surface area contributed by atoms with Crippen molar-refractivity contribution in [2.24, 2.45) is 5.73 Å². The highest BCUT2D eigenvalue weighted by Crippen LogP contribution is 2.03. The van der Waals surface area contributed by atoms with E-state index in [0.29, 0.717) is 6.04 Å². The van der Waals surface area contributed by atoms with Gasteiger partial charge < -0.3 is 11.1 Å². The van der Waals surface area contributed by atoms with E-state index in [-0.39, 0.29) is 0 Å². The molecule has 0 aliphatic carbocycles. The zero-order chi connectivity index (χ0) is 6.69. The highest BCUT2D eigenvalue weighted by Gasteiger charge is 2.18. The Balaban J connectivity index is 2.22. The average molecular weight is 129 g/mol. The van der Waals surface area contributed by atoms with Gasteiger partial charge in [0, 0.05) is 19.3 Å². The molecule has 1 saturated heterocycles. The van der Waals surface area contributed by atoms with E-state index < -0.39 is 0 Å². The Hall–Kier alpha value is -0.120. The zero-order valence-corrected chi connectivity index (χ0v) is 5.93. The predicted molar refractivity (Wildman–Crippen MR) is 38.1 cm³/mol. The van der Waals surface area contributed by atoms with Crippen molar-refractivity contribution < 1.29 is 0 Å². The highest BCUT2D eigenvalue weighted by atomic mass is 15.3. The largest absolute Gasteiger partial charge is 0.330 e. The van der Waals surface area contributed by atoms with E-state index in [2.05, 4.69) is 17.3 Å². The summed E-state index contributed by atoms with van der Waals surface area (Å²) in [6.07, 6.45) is 1.11. The third-order valence-electron chi connectivity index (χ3n) is 1.86. The molecule has 3 N–H and O–H groups in total. The van der Waals surface area contributed by atoms with Crippen molar-refractivity contribution >= 4 is 0 Å². The first-order chi connectivity index (χ1) is 4.34. The van der Waals surface area contributed by atoms with Gasteiger partial charge in [0.2, 0.25) is 0 Å². The van der Waals surface area contributed by atoms with E-state index in [1.165, 1.54) is 0 Å². The van der Waals surface area contributed by atoms with E-state index >= 15 is 0 Å². The van der Waals surface area contributed by atoms with Crippen molar-refractivity contribution in [1.82, 2.24) is 10.2 Å². The van der Waals surface area contributed by atoms with E-state index in [1.54, 1.807) is 0 Å². The van der Waals surface area contributed by atoms with Crippen molar-refractivity contribution in [2.45, 2.75) is 12.5 Å². The van der Waals surface area contributed by atoms with Gasteiger partial charge in [0.1, 0.15) is 0 Å². The standard InChI is InChI=1S/C6H15N3/c1-9-5-8-4-6(9)2-3-7/h6,8H,2-5,7H2,1H3. The Labute approximate surface area is 56.2 Å².